The van der Waals surface area contributed by atoms with Crippen molar-refractivity contribution in [3.63, 3.8) is 0 Å². The summed E-state index contributed by atoms with van der Waals surface area (Å²) in [5.41, 5.74) is 0.305. The highest BCUT2D eigenvalue weighted by Crippen LogP contribution is 2.25. The zero-order valence-electron chi connectivity index (χ0n) is 12.7. The fourth-order valence-electron chi connectivity index (χ4n) is 1.97. The van der Waals surface area contributed by atoms with Crippen LogP contribution < -0.4 is 5.32 Å². The first-order valence-electron chi connectivity index (χ1n) is 6.99. The molecule has 0 heterocycles. The number of nitro groups is 1. The molecule has 0 saturated carbocycles. The Hall–Kier alpha value is -2.64. The molecule has 0 aromatic heterocycles. The molecule has 0 radical (unpaired) electrons. The average molecular weight is 383 g/mol. The third-order valence-electron chi connectivity index (χ3n) is 3.09. The van der Waals surface area contributed by atoms with Crippen LogP contribution in [0.4, 0.5) is 11.4 Å². The predicted octanol–water partition coefficient (Wildman–Crippen LogP) is 3.63. The van der Waals surface area contributed by atoms with Crippen molar-refractivity contribution in [2.45, 2.75) is 6.42 Å². The monoisotopic (exact) mass is 382 g/mol. The van der Waals surface area contributed by atoms with Gasteiger partial charge in [0, 0.05) is 16.7 Å². The van der Waals surface area contributed by atoms with Gasteiger partial charge >= 0.3 is 5.97 Å². The zero-order chi connectivity index (χ0) is 18.4. The lowest BCUT2D eigenvalue weighted by molar-refractivity contribution is -0.385. The van der Waals surface area contributed by atoms with Crippen LogP contribution in [0.3, 0.4) is 0 Å². The van der Waals surface area contributed by atoms with Gasteiger partial charge in [0.05, 0.1) is 22.1 Å². The molecule has 0 saturated heterocycles. The minimum Gasteiger partial charge on any atom is -0.455 e. The van der Waals surface area contributed by atoms with Crippen molar-refractivity contribution in [1.82, 2.24) is 0 Å². The molecule has 7 nitrogen and oxygen atoms in total. The fraction of sp³-hybridized carbons (Fsp3) is 0.125. The molecule has 9 heteroatoms. The highest BCUT2D eigenvalue weighted by atomic mass is 35.5. The molecule has 0 bridgehead atoms. The van der Waals surface area contributed by atoms with E-state index < -0.39 is 23.4 Å². The summed E-state index contributed by atoms with van der Waals surface area (Å²) >= 11 is 11.7. The maximum absolute atomic E-state index is 11.8. The number of hydrogen-bond acceptors (Lipinski definition) is 5. The minimum atomic E-state index is -0.762. The number of benzene rings is 2. The van der Waals surface area contributed by atoms with Gasteiger partial charge in [0.1, 0.15) is 0 Å². The van der Waals surface area contributed by atoms with Gasteiger partial charge < -0.3 is 10.1 Å². The van der Waals surface area contributed by atoms with Gasteiger partial charge in [-0.2, -0.15) is 0 Å². The van der Waals surface area contributed by atoms with Crippen LogP contribution >= 0.6 is 23.2 Å². The maximum Gasteiger partial charge on any atom is 0.311 e. The van der Waals surface area contributed by atoms with Crippen molar-refractivity contribution in [1.29, 1.82) is 0 Å². The Balaban J connectivity index is 1.91. The molecule has 0 aliphatic heterocycles. The maximum atomic E-state index is 11.8. The summed E-state index contributed by atoms with van der Waals surface area (Å²) in [6.45, 7) is -0.553. The Morgan fingerprint density at radius 1 is 1.16 bits per heavy atom. The second-order valence-corrected chi connectivity index (χ2v) is 5.74. The minimum absolute atomic E-state index is 0.186. The fourth-order valence-corrected chi connectivity index (χ4v) is 2.31. The summed E-state index contributed by atoms with van der Waals surface area (Å²) in [4.78, 5) is 33.9. The SMILES string of the molecule is O=C(COC(=O)Cc1ccccc1[N+](=O)[O-])Nc1cc(Cl)ccc1Cl. The standard InChI is InChI=1S/C16H12Cl2N2O5/c17-11-5-6-12(18)13(8-11)19-15(21)9-25-16(22)7-10-3-1-2-4-14(10)20(23)24/h1-6,8H,7,9H2,(H,19,21). The van der Waals surface area contributed by atoms with Crippen molar-refractivity contribution in [2.24, 2.45) is 0 Å². The molecular formula is C16H12Cl2N2O5. The molecule has 0 unspecified atom stereocenters. The van der Waals surface area contributed by atoms with Crippen molar-refractivity contribution in [3.05, 3.63) is 68.2 Å². The number of amides is 1. The van der Waals surface area contributed by atoms with Gasteiger partial charge in [-0.05, 0) is 18.2 Å². The third kappa shape index (κ3) is 5.44. The van der Waals surface area contributed by atoms with E-state index in [9.17, 15) is 19.7 Å². The summed E-state index contributed by atoms with van der Waals surface area (Å²) < 4.78 is 4.84. The van der Waals surface area contributed by atoms with Gasteiger partial charge in [-0.1, -0.05) is 41.4 Å². The Labute approximate surface area is 152 Å². The van der Waals surface area contributed by atoms with Crippen LogP contribution in [0.15, 0.2) is 42.5 Å². The van der Waals surface area contributed by atoms with Gasteiger partial charge in [-0.3, -0.25) is 19.7 Å². The van der Waals surface area contributed by atoms with Crippen molar-refractivity contribution < 1.29 is 19.2 Å². The van der Waals surface area contributed by atoms with E-state index in [4.69, 9.17) is 27.9 Å². The number of anilines is 1. The number of nitro benzene ring substituents is 1. The van der Waals surface area contributed by atoms with Crippen LogP contribution in [0.2, 0.25) is 10.0 Å². The van der Waals surface area contributed by atoms with Crippen LogP contribution in [0.5, 0.6) is 0 Å². The average Bonchev–Trinajstić information content (AvgIpc) is 2.56. The second kappa shape index (κ2) is 8.46. The quantitative estimate of drug-likeness (QED) is 0.467. The summed E-state index contributed by atoms with van der Waals surface area (Å²) in [5.74, 6) is -1.37. The first-order chi connectivity index (χ1) is 11.9. The number of hydrogen-bond donors (Lipinski definition) is 1. The van der Waals surface area contributed by atoms with Crippen LogP contribution in [-0.2, 0) is 20.7 Å². The van der Waals surface area contributed by atoms with Crippen molar-refractivity contribution in [3.8, 4) is 0 Å². The second-order valence-electron chi connectivity index (χ2n) is 4.90. The number of nitrogens with zero attached hydrogens (tertiary/aromatic N) is 1. The smallest absolute Gasteiger partial charge is 0.311 e. The lowest BCUT2D eigenvalue weighted by Crippen LogP contribution is -2.22. The summed E-state index contributed by atoms with van der Waals surface area (Å²) in [6.07, 6.45) is -0.317. The third-order valence-corrected chi connectivity index (χ3v) is 3.65. The summed E-state index contributed by atoms with van der Waals surface area (Å²) in [6, 6.07) is 10.3. The summed E-state index contributed by atoms with van der Waals surface area (Å²) in [7, 11) is 0. The van der Waals surface area contributed by atoms with Crippen molar-refractivity contribution >= 4 is 46.5 Å². The lowest BCUT2D eigenvalue weighted by Gasteiger charge is -2.08. The molecular weight excluding hydrogens is 371 g/mol. The molecule has 0 fully saturated rings. The molecule has 1 N–H and O–H groups in total. The van der Waals surface area contributed by atoms with E-state index in [2.05, 4.69) is 5.32 Å². The zero-order valence-corrected chi connectivity index (χ0v) is 14.2. The van der Waals surface area contributed by atoms with Crippen LogP contribution in [0.1, 0.15) is 5.56 Å². The number of halogens is 2. The van der Waals surface area contributed by atoms with Gasteiger partial charge in [0.15, 0.2) is 6.61 Å². The lowest BCUT2D eigenvalue weighted by atomic mass is 10.1. The number of rotatable bonds is 6. The molecule has 0 aliphatic rings. The highest BCUT2D eigenvalue weighted by Gasteiger charge is 2.17. The van der Waals surface area contributed by atoms with E-state index in [1.807, 2.05) is 0 Å². The van der Waals surface area contributed by atoms with E-state index in [1.54, 1.807) is 12.1 Å². The number of ether oxygens (including phenoxy) is 1. The Bertz CT molecular complexity index is 826. The summed E-state index contributed by atoms with van der Waals surface area (Å²) in [5, 5.41) is 14.0. The Kier molecular flexibility index (Phi) is 6.32. The molecule has 2 rings (SSSR count). The molecule has 25 heavy (non-hydrogen) atoms. The predicted molar refractivity (Wildman–Crippen MR) is 92.9 cm³/mol. The normalized spacial score (nSPS) is 10.2. The van der Waals surface area contributed by atoms with E-state index in [-0.39, 0.29) is 28.4 Å². The first kappa shape index (κ1) is 18.7. The number of nitrogens with one attached hydrogen (secondary N) is 1. The van der Waals surface area contributed by atoms with Crippen LogP contribution in [0.25, 0.3) is 0 Å². The topological polar surface area (TPSA) is 98.5 Å². The molecule has 2 aromatic carbocycles. The number of carbonyl (C=O) groups is 2. The molecule has 2 aromatic rings. The van der Waals surface area contributed by atoms with E-state index in [1.165, 1.54) is 30.3 Å². The van der Waals surface area contributed by atoms with Crippen molar-refractivity contribution in [2.75, 3.05) is 11.9 Å². The van der Waals surface area contributed by atoms with E-state index in [0.29, 0.717) is 5.02 Å². The molecule has 130 valence electrons. The number of carbonyl (C=O) groups excluding carboxylic acids is 2. The van der Waals surface area contributed by atoms with Gasteiger partial charge in [0.2, 0.25) is 0 Å². The van der Waals surface area contributed by atoms with E-state index >= 15 is 0 Å². The Morgan fingerprint density at radius 3 is 2.60 bits per heavy atom. The first-order valence-corrected chi connectivity index (χ1v) is 7.75. The Morgan fingerprint density at radius 2 is 1.88 bits per heavy atom. The number of esters is 1. The number of para-hydroxylation sites is 1. The van der Waals surface area contributed by atoms with Gasteiger partial charge in [0.25, 0.3) is 11.6 Å². The van der Waals surface area contributed by atoms with Crippen LogP contribution in [0, 0.1) is 10.1 Å². The highest BCUT2D eigenvalue weighted by molar-refractivity contribution is 6.35. The van der Waals surface area contributed by atoms with Gasteiger partial charge in [-0.25, -0.2) is 0 Å². The van der Waals surface area contributed by atoms with Crippen LogP contribution in [-0.4, -0.2) is 23.4 Å². The van der Waals surface area contributed by atoms with E-state index in [0.717, 1.165) is 0 Å². The molecule has 0 atom stereocenters. The molecule has 0 aliphatic carbocycles. The molecule has 0 spiro atoms. The largest absolute Gasteiger partial charge is 0.455 e. The van der Waals surface area contributed by atoms with Gasteiger partial charge in [-0.15, -0.1) is 0 Å². The molecule has 1 amide bonds.